The molecule has 0 aliphatic rings. The van der Waals surface area contributed by atoms with Crippen molar-refractivity contribution >= 4 is 11.6 Å². The summed E-state index contributed by atoms with van der Waals surface area (Å²) in [5.41, 5.74) is 3.85. The first-order valence-electron chi connectivity index (χ1n) is 8.92. The van der Waals surface area contributed by atoms with Crippen LogP contribution in [0.2, 0.25) is 0 Å². The van der Waals surface area contributed by atoms with Crippen molar-refractivity contribution < 1.29 is 9.53 Å². The number of carbonyl (C=O) groups excluding carboxylic acids is 1. The van der Waals surface area contributed by atoms with Crippen molar-refractivity contribution in [1.82, 2.24) is 5.32 Å². The van der Waals surface area contributed by atoms with Gasteiger partial charge in [0.15, 0.2) is 0 Å². The fourth-order valence-electron chi connectivity index (χ4n) is 2.58. The number of aryl methyl sites for hydroxylation is 2. The van der Waals surface area contributed by atoms with Crippen molar-refractivity contribution in [3.8, 4) is 11.8 Å². The van der Waals surface area contributed by atoms with Crippen LogP contribution < -0.4 is 15.4 Å². The predicted octanol–water partition coefficient (Wildman–Crippen LogP) is 4.40. The number of ether oxygens (including phenoxy) is 1. The second-order valence-electron chi connectivity index (χ2n) is 6.35. The quantitative estimate of drug-likeness (QED) is 0.565. The monoisotopic (exact) mass is 363 g/mol. The van der Waals surface area contributed by atoms with E-state index in [1.54, 1.807) is 12.1 Å². The van der Waals surface area contributed by atoms with Crippen LogP contribution in [0.25, 0.3) is 0 Å². The Labute approximate surface area is 160 Å². The van der Waals surface area contributed by atoms with Crippen LogP contribution in [0.3, 0.4) is 0 Å². The number of nitrogens with one attached hydrogen (secondary N) is 2. The number of nitriles is 1. The zero-order valence-corrected chi connectivity index (χ0v) is 16.2. The first-order valence-corrected chi connectivity index (χ1v) is 8.92. The zero-order valence-electron chi connectivity index (χ0n) is 16.2. The van der Waals surface area contributed by atoms with E-state index in [1.165, 1.54) is 6.20 Å². The molecule has 0 aliphatic heterocycles. The molecule has 5 nitrogen and oxygen atoms in total. The molecule has 0 bridgehead atoms. The van der Waals surface area contributed by atoms with E-state index >= 15 is 0 Å². The summed E-state index contributed by atoms with van der Waals surface area (Å²) in [5, 5.41) is 15.2. The van der Waals surface area contributed by atoms with Gasteiger partial charge in [0, 0.05) is 17.5 Å². The number of nitrogens with zero attached hydrogens (tertiary/aromatic N) is 1. The maximum atomic E-state index is 12.3. The lowest BCUT2D eigenvalue weighted by molar-refractivity contribution is -0.112. The molecule has 5 heteroatoms. The van der Waals surface area contributed by atoms with Crippen LogP contribution >= 0.6 is 0 Å². The van der Waals surface area contributed by atoms with Crippen molar-refractivity contribution in [2.75, 3.05) is 11.9 Å². The zero-order chi connectivity index (χ0) is 19.8. The average Bonchev–Trinajstić information content (AvgIpc) is 2.65. The minimum absolute atomic E-state index is 0.00744. The average molecular weight is 363 g/mol. The number of hydrogen-bond donors (Lipinski definition) is 2. The van der Waals surface area contributed by atoms with E-state index in [0.29, 0.717) is 12.3 Å². The molecule has 0 saturated heterocycles. The lowest BCUT2D eigenvalue weighted by Gasteiger charge is -2.18. The third-order valence-electron chi connectivity index (χ3n) is 4.08. The van der Waals surface area contributed by atoms with Crippen molar-refractivity contribution in [2.45, 2.75) is 33.7 Å². The maximum absolute atomic E-state index is 12.3. The van der Waals surface area contributed by atoms with Crippen LogP contribution in [0, 0.1) is 25.2 Å². The molecule has 0 aliphatic carbocycles. The second kappa shape index (κ2) is 9.44. The number of hydrogen-bond acceptors (Lipinski definition) is 4. The number of benzene rings is 2. The fourth-order valence-corrected chi connectivity index (χ4v) is 2.58. The maximum Gasteiger partial charge on any atom is 0.267 e. The van der Waals surface area contributed by atoms with Gasteiger partial charge < -0.3 is 15.4 Å². The summed E-state index contributed by atoms with van der Waals surface area (Å²) < 4.78 is 5.68. The molecule has 2 aromatic rings. The molecule has 0 spiro atoms. The SMILES string of the molecule is CCOc1ccc(C)cc1C(C)N/C=C(/C#N)C(=O)Nc1ccc(C)cc1. The number of carbonyl (C=O) groups is 1. The topological polar surface area (TPSA) is 74.1 Å². The molecule has 1 amide bonds. The third kappa shape index (κ3) is 5.61. The molecule has 1 atom stereocenters. The van der Waals surface area contributed by atoms with Crippen LogP contribution in [0.15, 0.2) is 54.2 Å². The van der Waals surface area contributed by atoms with Crippen LogP contribution in [0.1, 0.15) is 36.6 Å². The summed E-state index contributed by atoms with van der Waals surface area (Å²) >= 11 is 0. The Morgan fingerprint density at radius 1 is 1.19 bits per heavy atom. The van der Waals surface area contributed by atoms with E-state index in [0.717, 1.165) is 22.4 Å². The highest BCUT2D eigenvalue weighted by Crippen LogP contribution is 2.26. The lowest BCUT2D eigenvalue weighted by atomic mass is 10.0. The molecule has 0 aromatic heterocycles. The highest BCUT2D eigenvalue weighted by Gasteiger charge is 2.13. The Kier molecular flexibility index (Phi) is 7.01. The van der Waals surface area contributed by atoms with Gasteiger partial charge in [0.1, 0.15) is 17.4 Å². The van der Waals surface area contributed by atoms with Gasteiger partial charge in [-0.15, -0.1) is 0 Å². The molecule has 2 N–H and O–H groups in total. The summed E-state index contributed by atoms with van der Waals surface area (Å²) in [6, 6.07) is 15.2. The molecule has 0 radical (unpaired) electrons. The molecule has 0 fully saturated rings. The van der Waals surface area contributed by atoms with E-state index in [-0.39, 0.29) is 11.6 Å². The highest BCUT2D eigenvalue weighted by molar-refractivity contribution is 6.06. The van der Waals surface area contributed by atoms with Crippen LogP contribution in [-0.4, -0.2) is 12.5 Å². The summed E-state index contributed by atoms with van der Waals surface area (Å²) in [7, 11) is 0. The summed E-state index contributed by atoms with van der Waals surface area (Å²) in [5.74, 6) is 0.342. The number of amides is 1. The number of rotatable bonds is 7. The van der Waals surface area contributed by atoms with E-state index in [1.807, 2.05) is 64.1 Å². The summed E-state index contributed by atoms with van der Waals surface area (Å²) in [6.07, 6.45) is 1.45. The molecule has 1 unspecified atom stereocenters. The van der Waals surface area contributed by atoms with Crippen molar-refractivity contribution in [3.05, 3.63) is 70.9 Å². The highest BCUT2D eigenvalue weighted by atomic mass is 16.5. The van der Waals surface area contributed by atoms with E-state index < -0.39 is 5.91 Å². The Morgan fingerprint density at radius 2 is 1.85 bits per heavy atom. The fraction of sp³-hybridized carbons (Fsp3) is 0.273. The van der Waals surface area contributed by atoms with Gasteiger partial charge in [0.25, 0.3) is 5.91 Å². The van der Waals surface area contributed by atoms with Gasteiger partial charge in [0.05, 0.1) is 12.6 Å². The molecule has 140 valence electrons. The molecule has 2 rings (SSSR count). The van der Waals surface area contributed by atoms with E-state index in [9.17, 15) is 10.1 Å². The molecule has 0 saturated carbocycles. The Hall–Kier alpha value is -3.26. The normalized spacial score (nSPS) is 12.0. The van der Waals surface area contributed by atoms with Gasteiger partial charge in [-0.3, -0.25) is 4.79 Å². The minimum Gasteiger partial charge on any atom is -0.494 e. The van der Waals surface area contributed by atoms with Gasteiger partial charge in [0.2, 0.25) is 0 Å². The molecular formula is C22H25N3O2. The third-order valence-corrected chi connectivity index (χ3v) is 4.08. The van der Waals surface area contributed by atoms with Gasteiger partial charge in [-0.25, -0.2) is 0 Å². The van der Waals surface area contributed by atoms with E-state index in [2.05, 4.69) is 10.6 Å². The molecule has 27 heavy (non-hydrogen) atoms. The van der Waals surface area contributed by atoms with Crippen molar-refractivity contribution in [2.24, 2.45) is 0 Å². The van der Waals surface area contributed by atoms with Crippen molar-refractivity contribution in [1.29, 1.82) is 5.26 Å². The van der Waals surface area contributed by atoms with Gasteiger partial charge in [-0.1, -0.05) is 35.4 Å². The lowest BCUT2D eigenvalue weighted by Crippen LogP contribution is -2.19. The smallest absolute Gasteiger partial charge is 0.267 e. The Balaban J connectivity index is 2.12. The van der Waals surface area contributed by atoms with E-state index in [4.69, 9.17) is 4.74 Å². The van der Waals surface area contributed by atoms with Gasteiger partial charge >= 0.3 is 0 Å². The van der Waals surface area contributed by atoms with Crippen LogP contribution in [0.4, 0.5) is 5.69 Å². The first kappa shape index (κ1) is 20.1. The second-order valence-corrected chi connectivity index (χ2v) is 6.35. The first-order chi connectivity index (χ1) is 12.9. The van der Waals surface area contributed by atoms with Crippen LogP contribution in [-0.2, 0) is 4.79 Å². The molecule has 2 aromatic carbocycles. The Bertz CT molecular complexity index is 864. The summed E-state index contributed by atoms with van der Waals surface area (Å²) in [4.78, 5) is 12.3. The van der Waals surface area contributed by atoms with Crippen molar-refractivity contribution in [3.63, 3.8) is 0 Å². The molecular weight excluding hydrogens is 338 g/mol. The largest absolute Gasteiger partial charge is 0.494 e. The summed E-state index contributed by atoms with van der Waals surface area (Å²) in [6.45, 7) is 8.45. The standard InChI is InChI=1S/C22H25N3O2/c1-5-27-21-11-8-16(3)12-20(21)17(4)24-14-18(13-23)22(26)25-19-9-6-15(2)7-10-19/h6-12,14,17,24H,5H2,1-4H3,(H,25,26)/b18-14-. The molecule has 0 heterocycles. The van der Waals surface area contributed by atoms with Gasteiger partial charge in [-0.05, 0) is 45.9 Å². The predicted molar refractivity (Wildman–Crippen MR) is 107 cm³/mol. The van der Waals surface area contributed by atoms with Crippen LogP contribution in [0.5, 0.6) is 5.75 Å². The van der Waals surface area contributed by atoms with Gasteiger partial charge in [-0.2, -0.15) is 5.26 Å². The minimum atomic E-state index is -0.449. The Morgan fingerprint density at radius 3 is 2.48 bits per heavy atom. The number of anilines is 1.